The van der Waals surface area contributed by atoms with Gasteiger partial charge in [0.2, 0.25) is 0 Å². The molecule has 3 aromatic rings. The van der Waals surface area contributed by atoms with Gasteiger partial charge in [-0.25, -0.2) is 8.42 Å². The van der Waals surface area contributed by atoms with E-state index in [1.165, 1.54) is 75.6 Å². The summed E-state index contributed by atoms with van der Waals surface area (Å²) >= 11 is 0. The summed E-state index contributed by atoms with van der Waals surface area (Å²) in [5.41, 5.74) is 1.14. The lowest BCUT2D eigenvalue weighted by atomic mass is 10.1. The second-order valence-corrected chi connectivity index (χ2v) is 12.0. The molecule has 0 fully saturated rings. The number of anilines is 1. The van der Waals surface area contributed by atoms with Gasteiger partial charge in [0.05, 0.1) is 28.2 Å². The molecule has 0 aliphatic heterocycles. The maximum atomic E-state index is 13.2. The van der Waals surface area contributed by atoms with Crippen molar-refractivity contribution in [2.75, 3.05) is 11.3 Å². The first-order chi connectivity index (χ1) is 19.8. The molecule has 41 heavy (non-hydrogen) atoms. The largest absolute Gasteiger partial charge is 0.494 e. The molecule has 0 unspecified atom stereocenters. The number of hydrogen-bond donors (Lipinski definition) is 1. The van der Waals surface area contributed by atoms with E-state index in [0.29, 0.717) is 17.9 Å². The Hall–Kier alpha value is -3.59. The van der Waals surface area contributed by atoms with Crippen molar-refractivity contribution < 1.29 is 22.8 Å². The Morgan fingerprint density at radius 3 is 2.02 bits per heavy atom. The zero-order valence-electron chi connectivity index (χ0n) is 24.1. The third-order valence-corrected chi connectivity index (χ3v) is 8.26. The maximum absolute atomic E-state index is 13.2. The van der Waals surface area contributed by atoms with Crippen molar-refractivity contribution in [1.29, 1.82) is 0 Å². The normalized spacial score (nSPS) is 11.3. The predicted molar refractivity (Wildman–Crippen MR) is 163 cm³/mol. The zero-order chi connectivity index (χ0) is 29.5. The Balaban J connectivity index is 1.54. The molecular weight excluding hydrogens is 540 g/mol. The molecule has 0 aliphatic carbocycles. The third-order valence-electron chi connectivity index (χ3n) is 6.88. The molecule has 3 rings (SSSR count). The van der Waals surface area contributed by atoms with Gasteiger partial charge in [-0.2, -0.15) is 0 Å². The molecule has 0 aromatic heterocycles. The molecule has 222 valence electrons. The fourth-order valence-electron chi connectivity index (χ4n) is 4.51. The second-order valence-electron chi connectivity index (χ2n) is 10.3. The Morgan fingerprint density at radius 2 is 1.41 bits per heavy atom. The first kappa shape index (κ1) is 31.9. The highest BCUT2D eigenvalue weighted by molar-refractivity contribution is 7.92. The summed E-state index contributed by atoms with van der Waals surface area (Å²) < 4.78 is 40.5. The van der Waals surface area contributed by atoms with Gasteiger partial charge >= 0.3 is 0 Å². The number of aryl methyl sites for hydroxylation is 1. The van der Waals surface area contributed by atoms with Crippen LogP contribution in [0.15, 0.2) is 71.6 Å². The highest BCUT2D eigenvalue weighted by Crippen LogP contribution is 2.35. The fourth-order valence-corrected chi connectivity index (χ4v) is 5.57. The van der Waals surface area contributed by atoms with Gasteiger partial charge in [-0.05, 0) is 49.2 Å². The summed E-state index contributed by atoms with van der Waals surface area (Å²) in [6, 6.07) is 18.2. The van der Waals surface area contributed by atoms with Crippen LogP contribution < -0.4 is 14.2 Å². The van der Waals surface area contributed by atoms with Crippen molar-refractivity contribution >= 4 is 21.4 Å². The fraction of sp³-hybridized carbons (Fsp3) is 0.438. The third kappa shape index (κ3) is 10.7. The van der Waals surface area contributed by atoms with Crippen LogP contribution in [0.5, 0.6) is 11.5 Å². The summed E-state index contributed by atoms with van der Waals surface area (Å²) in [6.07, 6.45) is 12.5. The summed E-state index contributed by atoms with van der Waals surface area (Å²) in [5.74, 6) is 0.684. The van der Waals surface area contributed by atoms with E-state index in [4.69, 9.17) is 9.47 Å². The minimum absolute atomic E-state index is 0.0498. The smallest absolute Gasteiger partial charge is 0.276 e. The topological polar surface area (TPSA) is 108 Å². The number of ether oxygens (including phenoxy) is 2. The molecule has 0 spiro atoms. The first-order valence-electron chi connectivity index (χ1n) is 14.5. The Bertz CT molecular complexity index is 1330. The minimum Gasteiger partial charge on any atom is -0.494 e. The van der Waals surface area contributed by atoms with Gasteiger partial charge in [-0.15, -0.1) is 0 Å². The zero-order valence-corrected chi connectivity index (χ0v) is 25.0. The number of nitro groups is 1. The van der Waals surface area contributed by atoms with Crippen molar-refractivity contribution in [3.05, 3.63) is 88.0 Å². The van der Waals surface area contributed by atoms with Crippen LogP contribution in [0.25, 0.3) is 0 Å². The molecule has 1 N–H and O–H groups in total. The van der Waals surface area contributed by atoms with E-state index in [2.05, 4.69) is 11.6 Å². The number of nitro benzene ring substituents is 1. The van der Waals surface area contributed by atoms with E-state index < -0.39 is 14.9 Å². The lowest BCUT2D eigenvalue weighted by Gasteiger charge is -2.15. The van der Waals surface area contributed by atoms with Crippen LogP contribution in [0.4, 0.5) is 11.4 Å². The summed E-state index contributed by atoms with van der Waals surface area (Å²) in [7, 11) is -3.99. The molecule has 0 atom stereocenters. The lowest BCUT2D eigenvalue weighted by Crippen LogP contribution is -2.14. The Labute approximate surface area is 244 Å². The van der Waals surface area contributed by atoms with E-state index in [0.717, 1.165) is 18.4 Å². The molecule has 9 heteroatoms. The molecule has 0 radical (unpaired) electrons. The standard InChI is InChI=1S/C32H42N2O6S/c1-3-4-5-6-7-8-9-10-11-15-22-39-28-18-20-29(21-19-28)41(37,38)33-30-23-26(2)31(34(35)36)24-32(30)40-25-27-16-13-12-14-17-27/h12-14,16-21,23-24,33H,3-11,15,22,25H2,1-2H3. The molecular formula is C32H42N2O6S. The predicted octanol–water partition coefficient (Wildman–Crippen LogP) is 8.58. The van der Waals surface area contributed by atoms with Crippen molar-refractivity contribution in [3.63, 3.8) is 0 Å². The van der Waals surface area contributed by atoms with Crippen LogP contribution in [0.3, 0.4) is 0 Å². The number of nitrogens with zero attached hydrogens (tertiary/aromatic N) is 1. The lowest BCUT2D eigenvalue weighted by molar-refractivity contribution is -0.385. The molecule has 0 heterocycles. The number of sulfonamides is 1. The maximum Gasteiger partial charge on any atom is 0.276 e. The summed E-state index contributed by atoms with van der Waals surface area (Å²) in [6.45, 7) is 4.50. The van der Waals surface area contributed by atoms with Crippen molar-refractivity contribution in [2.45, 2.75) is 89.6 Å². The molecule has 0 bridgehead atoms. The first-order valence-corrected chi connectivity index (χ1v) is 16.0. The second kappa shape index (κ2) is 16.6. The summed E-state index contributed by atoms with van der Waals surface area (Å²) in [5, 5.41) is 11.5. The van der Waals surface area contributed by atoms with Crippen LogP contribution in [0, 0.1) is 17.0 Å². The van der Waals surface area contributed by atoms with Gasteiger partial charge in [0.15, 0.2) is 5.75 Å². The van der Waals surface area contributed by atoms with E-state index >= 15 is 0 Å². The van der Waals surface area contributed by atoms with Gasteiger partial charge in [0, 0.05) is 5.56 Å². The number of rotatable bonds is 19. The summed E-state index contributed by atoms with van der Waals surface area (Å²) in [4.78, 5) is 11.0. The van der Waals surface area contributed by atoms with Crippen molar-refractivity contribution in [2.24, 2.45) is 0 Å². The van der Waals surface area contributed by atoms with Crippen LogP contribution in [-0.2, 0) is 16.6 Å². The number of benzene rings is 3. The highest BCUT2D eigenvalue weighted by atomic mass is 32.2. The SMILES string of the molecule is CCCCCCCCCCCCOc1ccc(S(=O)(=O)Nc2cc(C)c([N+](=O)[O-])cc2OCc2ccccc2)cc1. The molecule has 0 saturated carbocycles. The average molecular weight is 583 g/mol. The van der Waals surface area contributed by atoms with Crippen molar-refractivity contribution in [3.8, 4) is 11.5 Å². The monoisotopic (exact) mass is 582 g/mol. The Kier molecular flexibility index (Phi) is 12.9. The molecule has 0 amide bonds. The van der Waals surface area contributed by atoms with E-state index in [1.54, 1.807) is 19.1 Å². The molecule has 3 aromatic carbocycles. The number of hydrogen-bond acceptors (Lipinski definition) is 6. The number of unbranched alkanes of at least 4 members (excludes halogenated alkanes) is 9. The average Bonchev–Trinajstić information content (AvgIpc) is 2.96. The minimum atomic E-state index is -3.99. The van der Waals surface area contributed by atoms with Crippen molar-refractivity contribution in [1.82, 2.24) is 0 Å². The van der Waals surface area contributed by atoms with Gasteiger partial charge in [0.25, 0.3) is 15.7 Å². The Morgan fingerprint density at radius 1 is 0.805 bits per heavy atom. The van der Waals surface area contributed by atoms with Gasteiger partial charge in [-0.1, -0.05) is 95.0 Å². The molecule has 8 nitrogen and oxygen atoms in total. The van der Waals surface area contributed by atoms with Gasteiger partial charge < -0.3 is 9.47 Å². The molecule has 0 aliphatic rings. The highest BCUT2D eigenvalue weighted by Gasteiger charge is 2.21. The molecule has 0 saturated heterocycles. The van der Waals surface area contributed by atoms with Crippen LogP contribution in [-0.4, -0.2) is 19.9 Å². The van der Waals surface area contributed by atoms with E-state index in [1.807, 2.05) is 30.3 Å². The van der Waals surface area contributed by atoms with Crippen LogP contribution in [0.1, 0.15) is 82.3 Å². The van der Waals surface area contributed by atoms with Crippen LogP contribution >= 0.6 is 0 Å². The quantitative estimate of drug-likeness (QED) is 0.0861. The van der Waals surface area contributed by atoms with E-state index in [-0.39, 0.29) is 28.6 Å². The number of nitrogens with one attached hydrogen (secondary N) is 1. The van der Waals surface area contributed by atoms with Crippen LogP contribution in [0.2, 0.25) is 0 Å². The van der Waals surface area contributed by atoms with E-state index in [9.17, 15) is 18.5 Å². The van der Waals surface area contributed by atoms with Gasteiger partial charge in [0.1, 0.15) is 12.4 Å². The van der Waals surface area contributed by atoms with Gasteiger partial charge in [-0.3, -0.25) is 14.8 Å².